The lowest BCUT2D eigenvalue weighted by atomic mass is 10.0. The molecule has 0 bridgehead atoms. The van der Waals surface area contributed by atoms with Crippen LogP contribution in [0.4, 0.5) is 0 Å². The summed E-state index contributed by atoms with van der Waals surface area (Å²) >= 11 is 0. The van der Waals surface area contributed by atoms with E-state index in [1.165, 1.54) is 6.42 Å². The van der Waals surface area contributed by atoms with Crippen molar-refractivity contribution in [2.75, 3.05) is 19.7 Å². The molecule has 0 aliphatic carbocycles. The summed E-state index contributed by atoms with van der Waals surface area (Å²) in [7, 11) is 0. The van der Waals surface area contributed by atoms with E-state index in [-0.39, 0.29) is 0 Å². The molecule has 0 spiro atoms. The molecule has 90 valence electrons. The van der Waals surface area contributed by atoms with Gasteiger partial charge in [0, 0.05) is 19.2 Å². The minimum Gasteiger partial charge on any atom is -0.378 e. The molecule has 0 aromatic rings. The summed E-state index contributed by atoms with van der Waals surface area (Å²) in [5.74, 6) is 1.28. The zero-order chi connectivity index (χ0) is 11.3. The average molecular weight is 214 g/mol. The van der Waals surface area contributed by atoms with Gasteiger partial charge in [-0.15, -0.1) is 0 Å². The van der Waals surface area contributed by atoms with Crippen LogP contribution in [0.2, 0.25) is 0 Å². The van der Waals surface area contributed by atoms with Gasteiger partial charge in [-0.3, -0.25) is 0 Å². The van der Waals surface area contributed by atoms with Crippen molar-refractivity contribution in [2.45, 2.75) is 45.8 Å². The highest BCUT2D eigenvalue weighted by Crippen LogP contribution is 2.19. The lowest BCUT2D eigenvalue weighted by molar-refractivity contribution is 0.105. The summed E-state index contributed by atoms with van der Waals surface area (Å²) in [5, 5.41) is 3.48. The highest BCUT2D eigenvalue weighted by Gasteiger charge is 2.23. The summed E-state index contributed by atoms with van der Waals surface area (Å²) in [4.78, 5) is 0. The van der Waals surface area contributed by atoms with Gasteiger partial charge in [0.25, 0.3) is 0 Å². The maximum Gasteiger partial charge on any atom is 0.0588 e. The lowest BCUT2D eigenvalue weighted by Crippen LogP contribution is -2.33. The minimum atomic E-state index is 0.328. The van der Waals surface area contributed by atoms with Crippen molar-refractivity contribution in [1.29, 1.82) is 0 Å². The number of hydrogen-bond acceptors (Lipinski definition) is 3. The second-order valence-electron chi connectivity index (χ2n) is 5.03. The third-order valence-electron chi connectivity index (χ3n) is 3.45. The highest BCUT2D eigenvalue weighted by molar-refractivity contribution is 4.75. The summed E-state index contributed by atoms with van der Waals surface area (Å²) in [6.45, 7) is 9.56. The first-order valence-electron chi connectivity index (χ1n) is 6.19. The van der Waals surface area contributed by atoms with E-state index < -0.39 is 0 Å². The molecular formula is C12H26N2O. The Morgan fingerprint density at radius 3 is 2.73 bits per heavy atom. The molecule has 1 heterocycles. The van der Waals surface area contributed by atoms with Crippen LogP contribution in [-0.2, 0) is 4.74 Å². The van der Waals surface area contributed by atoms with Crippen molar-refractivity contribution in [3.63, 3.8) is 0 Å². The van der Waals surface area contributed by atoms with Crippen molar-refractivity contribution in [2.24, 2.45) is 17.6 Å². The van der Waals surface area contributed by atoms with Crippen LogP contribution in [0.15, 0.2) is 0 Å². The Kier molecular flexibility index (Phi) is 5.58. The quantitative estimate of drug-likeness (QED) is 0.657. The van der Waals surface area contributed by atoms with E-state index in [2.05, 4.69) is 26.1 Å². The molecule has 15 heavy (non-hydrogen) atoms. The Morgan fingerprint density at radius 1 is 1.47 bits per heavy atom. The fraction of sp³-hybridized carbons (Fsp3) is 1.00. The Hall–Kier alpha value is -0.120. The van der Waals surface area contributed by atoms with Crippen LogP contribution < -0.4 is 11.1 Å². The molecule has 0 amide bonds. The van der Waals surface area contributed by atoms with Crippen LogP contribution in [-0.4, -0.2) is 31.8 Å². The van der Waals surface area contributed by atoms with Crippen molar-refractivity contribution in [1.82, 2.24) is 5.32 Å². The molecule has 3 heteroatoms. The summed E-state index contributed by atoms with van der Waals surface area (Å²) < 4.78 is 5.52. The molecule has 0 saturated carbocycles. The normalized spacial score (nSPS) is 28.6. The Balaban J connectivity index is 2.01. The zero-order valence-corrected chi connectivity index (χ0v) is 10.3. The fourth-order valence-electron chi connectivity index (χ4n) is 1.93. The monoisotopic (exact) mass is 214 g/mol. The zero-order valence-electron chi connectivity index (χ0n) is 10.3. The van der Waals surface area contributed by atoms with Gasteiger partial charge in [0.1, 0.15) is 0 Å². The lowest BCUT2D eigenvalue weighted by Gasteiger charge is -2.18. The number of ether oxygens (including phenoxy) is 1. The molecule has 0 radical (unpaired) electrons. The summed E-state index contributed by atoms with van der Waals surface area (Å²) in [5.41, 5.74) is 5.97. The van der Waals surface area contributed by atoms with Gasteiger partial charge in [-0.1, -0.05) is 13.8 Å². The minimum absolute atomic E-state index is 0.328. The van der Waals surface area contributed by atoms with E-state index in [4.69, 9.17) is 10.5 Å². The maximum atomic E-state index is 5.97. The van der Waals surface area contributed by atoms with E-state index in [0.717, 1.165) is 26.1 Å². The molecule has 3 nitrogen and oxygen atoms in total. The van der Waals surface area contributed by atoms with Crippen molar-refractivity contribution in [3.8, 4) is 0 Å². The first-order chi connectivity index (χ1) is 7.11. The molecule has 1 fully saturated rings. The average Bonchev–Trinajstić information content (AvgIpc) is 2.58. The molecule has 3 atom stereocenters. The number of nitrogens with one attached hydrogen (secondary N) is 1. The molecule has 1 aliphatic rings. The number of nitrogens with two attached hydrogens (primary N) is 1. The van der Waals surface area contributed by atoms with Crippen LogP contribution in [0.3, 0.4) is 0 Å². The topological polar surface area (TPSA) is 47.3 Å². The predicted octanol–water partition coefficient (Wildman–Crippen LogP) is 1.37. The van der Waals surface area contributed by atoms with Gasteiger partial charge in [-0.05, 0) is 38.1 Å². The fourth-order valence-corrected chi connectivity index (χ4v) is 1.93. The first-order valence-corrected chi connectivity index (χ1v) is 6.19. The third-order valence-corrected chi connectivity index (χ3v) is 3.45. The second-order valence-corrected chi connectivity index (χ2v) is 5.03. The van der Waals surface area contributed by atoms with Crippen LogP contribution in [0.1, 0.15) is 33.6 Å². The van der Waals surface area contributed by atoms with Crippen molar-refractivity contribution < 1.29 is 4.74 Å². The van der Waals surface area contributed by atoms with Gasteiger partial charge in [-0.2, -0.15) is 0 Å². The SMILES string of the molecule is CC(C)C(N)CCNCC1CCOC1C. The molecule has 3 unspecified atom stereocenters. The second kappa shape index (κ2) is 6.46. The smallest absolute Gasteiger partial charge is 0.0588 e. The van der Waals surface area contributed by atoms with E-state index in [9.17, 15) is 0 Å². The number of hydrogen-bond donors (Lipinski definition) is 2. The van der Waals surface area contributed by atoms with Crippen molar-refractivity contribution in [3.05, 3.63) is 0 Å². The molecule has 3 N–H and O–H groups in total. The van der Waals surface area contributed by atoms with Gasteiger partial charge < -0.3 is 15.8 Å². The Bertz CT molecular complexity index is 173. The standard InChI is InChI=1S/C12H26N2O/c1-9(2)12(13)4-6-14-8-11-5-7-15-10(11)3/h9-12,14H,4-8,13H2,1-3H3. The Morgan fingerprint density at radius 2 is 2.20 bits per heavy atom. The molecule has 0 aromatic heterocycles. The van der Waals surface area contributed by atoms with Gasteiger partial charge >= 0.3 is 0 Å². The molecule has 1 saturated heterocycles. The molecule has 1 rings (SSSR count). The number of rotatable bonds is 6. The molecule has 0 aromatic carbocycles. The van der Waals surface area contributed by atoms with Gasteiger partial charge in [0.05, 0.1) is 6.10 Å². The van der Waals surface area contributed by atoms with Crippen LogP contribution >= 0.6 is 0 Å². The van der Waals surface area contributed by atoms with Crippen LogP contribution in [0, 0.1) is 11.8 Å². The van der Waals surface area contributed by atoms with Crippen LogP contribution in [0.5, 0.6) is 0 Å². The van der Waals surface area contributed by atoms with Gasteiger partial charge in [-0.25, -0.2) is 0 Å². The van der Waals surface area contributed by atoms with Crippen LogP contribution in [0.25, 0.3) is 0 Å². The first kappa shape index (κ1) is 12.9. The largest absolute Gasteiger partial charge is 0.378 e. The maximum absolute atomic E-state index is 5.97. The van der Waals surface area contributed by atoms with Crippen molar-refractivity contribution >= 4 is 0 Å². The summed E-state index contributed by atoms with van der Waals surface area (Å²) in [6.07, 6.45) is 2.69. The molecule has 1 aliphatic heterocycles. The van der Waals surface area contributed by atoms with E-state index in [1.54, 1.807) is 0 Å². The summed E-state index contributed by atoms with van der Waals surface area (Å²) in [6, 6.07) is 0.328. The van der Waals surface area contributed by atoms with Gasteiger partial charge in [0.2, 0.25) is 0 Å². The Labute approximate surface area is 93.8 Å². The van der Waals surface area contributed by atoms with E-state index >= 15 is 0 Å². The molecular weight excluding hydrogens is 188 g/mol. The third kappa shape index (κ3) is 4.49. The highest BCUT2D eigenvalue weighted by atomic mass is 16.5. The predicted molar refractivity (Wildman–Crippen MR) is 63.8 cm³/mol. The van der Waals surface area contributed by atoms with E-state index in [1.807, 2.05) is 0 Å². The van der Waals surface area contributed by atoms with E-state index in [0.29, 0.717) is 24.0 Å². The van der Waals surface area contributed by atoms with Gasteiger partial charge in [0.15, 0.2) is 0 Å².